The Bertz CT molecular complexity index is 697. The van der Waals surface area contributed by atoms with Crippen molar-refractivity contribution in [1.82, 2.24) is 19.8 Å². The predicted molar refractivity (Wildman–Crippen MR) is 88.9 cm³/mol. The number of carbonyl (C=O) groups excluding carboxylic acids is 1. The Hall–Kier alpha value is -1.92. The summed E-state index contributed by atoms with van der Waals surface area (Å²) in [6.45, 7) is 4.68. The van der Waals surface area contributed by atoms with E-state index in [4.69, 9.17) is 0 Å². The van der Waals surface area contributed by atoms with Crippen molar-refractivity contribution >= 4 is 16.9 Å². The van der Waals surface area contributed by atoms with Gasteiger partial charge < -0.3 is 19.9 Å². The van der Waals surface area contributed by atoms with Crippen molar-refractivity contribution in [2.24, 2.45) is 5.92 Å². The first-order chi connectivity index (χ1) is 11.1. The summed E-state index contributed by atoms with van der Waals surface area (Å²) in [7, 11) is 1.97. The number of para-hydroxylation sites is 2. The van der Waals surface area contributed by atoms with Gasteiger partial charge in [-0.05, 0) is 32.5 Å². The molecular weight excluding hydrogens is 292 g/mol. The van der Waals surface area contributed by atoms with Crippen LogP contribution < -0.4 is 5.32 Å². The third-order valence-corrected chi connectivity index (χ3v) is 4.59. The van der Waals surface area contributed by atoms with E-state index in [0.717, 1.165) is 29.9 Å². The van der Waals surface area contributed by atoms with Crippen molar-refractivity contribution in [1.29, 1.82) is 0 Å². The zero-order valence-corrected chi connectivity index (χ0v) is 13.7. The van der Waals surface area contributed by atoms with Gasteiger partial charge in [-0.25, -0.2) is 4.98 Å². The molecular formula is C17H24N4O2. The van der Waals surface area contributed by atoms with E-state index in [1.165, 1.54) is 0 Å². The summed E-state index contributed by atoms with van der Waals surface area (Å²) in [5, 5.41) is 13.0. The Balaban J connectivity index is 1.71. The lowest BCUT2D eigenvalue weighted by molar-refractivity contribution is -0.131. The molecule has 1 fully saturated rings. The van der Waals surface area contributed by atoms with Crippen LogP contribution in [0.4, 0.5) is 0 Å². The predicted octanol–water partition coefficient (Wildman–Crippen LogP) is 0.985. The van der Waals surface area contributed by atoms with Gasteiger partial charge in [-0.2, -0.15) is 0 Å². The van der Waals surface area contributed by atoms with Crippen molar-refractivity contribution in [2.45, 2.75) is 32.5 Å². The lowest BCUT2D eigenvalue weighted by Crippen LogP contribution is -2.48. The average molecular weight is 316 g/mol. The molecule has 6 nitrogen and oxygen atoms in total. The van der Waals surface area contributed by atoms with Crippen molar-refractivity contribution in [2.75, 3.05) is 20.1 Å². The fraction of sp³-hybridized carbons (Fsp3) is 0.529. The molecule has 1 amide bonds. The Morgan fingerprint density at radius 1 is 1.43 bits per heavy atom. The van der Waals surface area contributed by atoms with Crippen LogP contribution in [0.15, 0.2) is 24.3 Å². The second-order valence-corrected chi connectivity index (χ2v) is 6.20. The topological polar surface area (TPSA) is 70.4 Å². The van der Waals surface area contributed by atoms with Crippen LogP contribution in [-0.4, -0.2) is 51.7 Å². The van der Waals surface area contributed by atoms with Crippen LogP contribution in [0, 0.1) is 5.92 Å². The van der Waals surface area contributed by atoms with Crippen LogP contribution in [0.25, 0.3) is 11.0 Å². The first-order valence-corrected chi connectivity index (χ1v) is 8.18. The van der Waals surface area contributed by atoms with E-state index in [9.17, 15) is 9.90 Å². The Kier molecular flexibility index (Phi) is 4.63. The lowest BCUT2D eigenvalue weighted by Gasteiger charge is -2.32. The average Bonchev–Trinajstić information content (AvgIpc) is 2.92. The molecule has 0 aliphatic carbocycles. The maximum absolute atomic E-state index is 12.4. The van der Waals surface area contributed by atoms with Gasteiger partial charge in [-0.3, -0.25) is 4.79 Å². The highest BCUT2D eigenvalue weighted by molar-refractivity contribution is 5.80. The Morgan fingerprint density at radius 3 is 3.00 bits per heavy atom. The number of aryl methyl sites for hydroxylation is 1. The third kappa shape index (κ3) is 3.23. The van der Waals surface area contributed by atoms with Gasteiger partial charge in [0.25, 0.3) is 0 Å². The fourth-order valence-corrected chi connectivity index (χ4v) is 3.27. The number of likely N-dealkylation sites (tertiary alicyclic amines) is 1. The standard InChI is InChI=1S/C17H24N4O2/c1-3-21-14-7-5-4-6-13(14)19-16(21)10-18-17(23)12-11-20(2)9-8-15(12)22/h4-7,12,15,22H,3,8-11H2,1-2H3,(H,18,23)/t12-,15+/m1/s1. The molecule has 0 radical (unpaired) electrons. The molecule has 1 saturated heterocycles. The van der Waals surface area contributed by atoms with Gasteiger partial charge in [-0.1, -0.05) is 12.1 Å². The van der Waals surface area contributed by atoms with Crippen molar-refractivity contribution < 1.29 is 9.90 Å². The number of aliphatic hydroxyl groups is 1. The normalized spacial score (nSPS) is 22.4. The van der Waals surface area contributed by atoms with Gasteiger partial charge in [0.2, 0.25) is 5.91 Å². The van der Waals surface area contributed by atoms with Gasteiger partial charge in [0, 0.05) is 19.6 Å². The van der Waals surface area contributed by atoms with Crippen LogP contribution in [-0.2, 0) is 17.9 Å². The van der Waals surface area contributed by atoms with Gasteiger partial charge in [0.15, 0.2) is 0 Å². The number of hydrogen-bond acceptors (Lipinski definition) is 4. The zero-order valence-electron chi connectivity index (χ0n) is 13.7. The minimum absolute atomic E-state index is 0.0984. The Labute approximate surface area is 136 Å². The molecule has 0 unspecified atom stereocenters. The number of carbonyl (C=O) groups is 1. The highest BCUT2D eigenvalue weighted by atomic mass is 16.3. The third-order valence-electron chi connectivity index (χ3n) is 4.59. The van der Waals surface area contributed by atoms with Gasteiger partial charge in [0.05, 0.1) is 29.6 Å². The van der Waals surface area contributed by atoms with Crippen LogP contribution in [0.3, 0.4) is 0 Å². The maximum atomic E-state index is 12.4. The smallest absolute Gasteiger partial charge is 0.227 e. The molecule has 1 aromatic carbocycles. The molecule has 0 bridgehead atoms. The number of benzene rings is 1. The number of aliphatic hydroxyl groups excluding tert-OH is 1. The van der Waals surface area contributed by atoms with Gasteiger partial charge >= 0.3 is 0 Å². The second kappa shape index (κ2) is 6.68. The number of rotatable bonds is 4. The monoisotopic (exact) mass is 316 g/mol. The van der Waals surface area contributed by atoms with Crippen LogP contribution >= 0.6 is 0 Å². The summed E-state index contributed by atoms with van der Waals surface area (Å²) in [4.78, 5) is 19.1. The molecule has 0 spiro atoms. The number of fused-ring (bicyclic) bond motifs is 1. The van der Waals surface area contributed by atoms with Gasteiger partial charge in [-0.15, -0.1) is 0 Å². The zero-order chi connectivity index (χ0) is 16.4. The summed E-state index contributed by atoms with van der Waals surface area (Å²) >= 11 is 0. The molecule has 1 aromatic heterocycles. The quantitative estimate of drug-likeness (QED) is 0.882. The summed E-state index contributed by atoms with van der Waals surface area (Å²) in [6, 6.07) is 7.97. The number of imidazole rings is 1. The molecule has 2 heterocycles. The van der Waals surface area contributed by atoms with Crippen LogP contribution in [0.5, 0.6) is 0 Å². The first kappa shape index (κ1) is 16.0. The summed E-state index contributed by atoms with van der Waals surface area (Å²) in [6.07, 6.45) is 0.0819. The number of piperidine rings is 1. The summed E-state index contributed by atoms with van der Waals surface area (Å²) < 4.78 is 2.11. The summed E-state index contributed by atoms with van der Waals surface area (Å²) in [5.74, 6) is 0.382. The van der Waals surface area contributed by atoms with Crippen molar-refractivity contribution in [3.05, 3.63) is 30.1 Å². The van der Waals surface area contributed by atoms with Crippen molar-refractivity contribution in [3.63, 3.8) is 0 Å². The van der Waals surface area contributed by atoms with Crippen LogP contribution in [0.1, 0.15) is 19.2 Å². The summed E-state index contributed by atoms with van der Waals surface area (Å²) in [5.41, 5.74) is 2.02. The minimum atomic E-state index is -0.559. The molecule has 23 heavy (non-hydrogen) atoms. The van der Waals surface area contributed by atoms with E-state index in [1.54, 1.807) is 0 Å². The molecule has 2 N–H and O–H groups in total. The van der Waals surface area contributed by atoms with Gasteiger partial charge in [0.1, 0.15) is 5.82 Å². The minimum Gasteiger partial charge on any atom is -0.392 e. The lowest BCUT2D eigenvalue weighted by atomic mass is 9.94. The van der Waals surface area contributed by atoms with E-state index in [2.05, 4.69) is 26.7 Å². The Morgan fingerprint density at radius 2 is 2.22 bits per heavy atom. The number of nitrogens with one attached hydrogen (secondary N) is 1. The molecule has 2 aromatic rings. The largest absolute Gasteiger partial charge is 0.392 e. The molecule has 2 atom stereocenters. The van der Waals surface area contributed by atoms with E-state index in [0.29, 0.717) is 19.5 Å². The van der Waals surface area contributed by atoms with E-state index < -0.39 is 6.10 Å². The molecule has 1 aliphatic heterocycles. The van der Waals surface area contributed by atoms with E-state index in [1.807, 2.05) is 31.3 Å². The van der Waals surface area contributed by atoms with E-state index in [-0.39, 0.29) is 11.8 Å². The highest BCUT2D eigenvalue weighted by Crippen LogP contribution is 2.18. The number of nitrogens with zero attached hydrogens (tertiary/aromatic N) is 3. The molecule has 6 heteroatoms. The van der Waals surface area contributed by atoms with Crippen molar-refractivity contribution in [3.8, 4) is 0 Å². The second-order valence-electron chi connectivity index (χ2n) is 6.20. The number of amides is 1. The molecule has 3 rings (SSSR count). The highest BCUT2D eigenvalue weighted by Gasteiger charge is 2.31. The first-order valence-electron chi connectivity index (χ1n) is 8.18. The van der Waals surface area contributed by atoms with E-state index >= 15 is 0 Å². The molecule has 1 aliphatic rings. The molecule has 124 valence electrons. The molecule has 0 saturated carbocycles. The number of aromatic nitrogens is 2. The number of hydrogen-bond donors (Lipinski definition) is 2. The van der Waals surface area contributed by atoms with Crippen LogP contribution in [0.2, 0.25) is 0 Å². The fourth-order valence-electron chi connectivity index (χ4n) is 3.27. The maximum Gasteiger partial charge on any atom is 0.227 e. The SMILES string of the molecule is CCn1c(CNC(=O)[C@@H]2CN(C)CC[C@@H]2O)nc2ccccc21.